The van der Waals surface area contributed by atoms with Gasteiger partial charge in [0.2, 0.25) is 17.7 Å². The van der Waals surface area contributed by atoms with Crippen molar-refractivity contribution >= 4 is 35.0 Å². The molecule has 5 rings (SSSR count). The second kappa shape index (κ2) is 12.0. The Morgan fingerprint density at radius 3 is 2.41 bits per heavy atom. The van der Waals surface area contributed by atoms with Gasteiger partial charge in [-0.1, -0.05) is 56.9 Å². The monoisotopic (exact) mass is 556 g/mol. The molecular formula is C30H41ClN4O4. The smallest absolute Gasteiger partial charge is 0.246 e. The first-order valence-corrected chi connectivity index (χ1v) is 15.0. The van der Waals surface area contributed by atoms with Gasteiger partial charge in [0.1, 0.15) is 11.6 Å². The SMILES string of the molecule is CCCN(CCC)CCN1C(=O)[C@@H]2[C@@H](C(=O)Nc3ccc(Cl)cc3)[C@@H]3C=C[C@@]2(O3)[C@@H]1C(=O)NC1CCCCC1. The topological polar surface area (TPSA) is 91.0 Å². The van der Waals surface area contributed by atoms with E-state index >= 15 is 0 Å². The maximum atomic E-state index is 14.1. The molecule has 3 aliphatic heterocycles. The number of carbonyl (C=O) groups excluding carboxylic acids is 3. The molecule has 2 bridgehead atoms. The highest BCUT2D eigenvalue weighted by Crippen LogP contribution is 2.55. The zero-order valence-electron chi connectivity index (χ0n) is 23.0. The van der Waals surface area contributed by atoms with E-state index in [-0.39, 0.29) is 23.8 Å². The molecule has 0 aromatic heterocycles. The Morgan fingerprint density at radius 2 is 1.74 bits per heavy atom. The quantitative estimate of drug-likeness (QED) is 0.402. The molecule has 2 N–H and O–H groups in total. The molecule has 3 heterocycles. The first-order chi connectivity index (χ1) is 18.9. The van der Waals surface area contributed by atoms with E-state index in [1.54, 1.807) is 29.2 Å². The van der Waals surface area contributed by atoms with Crippen molar-refractivity contribution in [1.82, 2.24) is 15.1 Å². The predicted octanol–water partition coefficient (Wildman–Crippen LogP) is 4.00. The Morgan fingerprint density at radius 1 is 1.05 bits per heavy atom. The molecule has 4 aliphatic rings. The van der Waals surface area contributed by atoms with Crippen LogP contribution in [0.3, 0.4) is 0 Å². The number of amides is 3. The number of anilines is 1. The Balaban J connectivity index is 1.41. The number of ether oxygens (including phenoxy) is 1. The first kappa shape index (κ1) is 28.1. The molecule has 1 aliphatic carbocycles. The molecule has 0 unspecified atom stereocenters. The van der Waals surface area contributed by atoms with Gasteiger partial charge in [0.15, 0.2) is 0 Å². The summed E-state index contributed by atoms with van der Waals surface area (Å²) >= 11 is 6.01. The van der Waals surface area contributed by atoms with Crippen LogP contribution < -0.4 is 10.6 Å². The van der Waals surface area contributed by atoms with E-state index in [4.69, 9.17) is 16.3 Å². The van der Waals surface area contributed by atoms with Crippen molar-refractivity contribution < 1.29 is 19.1 Å². The lowest BCUT2D eigenvalue weighted by Gasteiger charge is -2.35. The Bertz CT molecular complexity index is 1080. The average molecular weight is 557 g/mol. The summed E-state index contributed by atoms with van der Waals surface area (Å²) in [4.78, 5) is 45.7. The number of benzene rings is 1. The van der Waals surface area contributed by atoms with E-state index in [0.29, 0.717) is 23.8 Å². The van der Waals surface area contributed by atoms with Crippen LogP contribution in [-0.4, -0.2) is 77.5 Å². The average Bonchev–Trinajstić information content (AvgIpc) is 3.56. The van der Waals surface area contributed by atoms with Crippen LogP contribution >= 0.6 is 11.6 Å². The third-order valence-electron chi connectivity index (χ3n) is 8.73. The minimum Gasteiger partial charge on any atom is -0.359 e. The summed E-state index contributed by atoms with van der Waals surface area (Å²) in [6.07, 6.45) is 10.5. The molecule has 5 atom stereocenters. The summed E-state index contributed by atoms with van der Waals surface area (Å²) in [6.45, 7) is 7.27. The fourth-order valence-electron chi connectivity index (χ4n) is 7.01. The van der Waals surface area contributed by atoms with Gasteiger partial charge in [-0.2, -0.15) is 0 Å². The molecule has 0 radical (unpaired) electrons. The lowest BCUT2D eigenvalue weighted by molar-refractivity contribution is -0.141. The normalized spacial score (nSPS) is 29.7. The van der Waals surface area contributed by atoms with E-state index in [9.17, 15) is 14.4 Å². The van der Waals surface area contributed by atoms with Crippen LogP contribution in [0.4, 0.5) is 5.69 Å². The lowest BCUT2D eigenvalue weighted by Crippen LogP contribution is -2.57. The Hall–Kier alpha value is -2.42. The molecule has 39 heavy (non-hydrogen) atoms. The highest BCUT2D eigenvalue weighted by atomic mass is 35.5. The van der Waals surface area contributed by atoms with E-state index < -0.39 is 29.6 Å². The third kappa shape index (κ3) is 5.48. The van der Waals surface area contributed by atoms with Crippen molar-refractivity contribution in [2.75, 3.05) is 31.5 Å². The Kier molecular flexibility index (Phi) is 8.64. The van der Waals surface area contributed by atoms with Gasteiger partial charge in [-0.15, -0.1) is 0 Å². The molecule has 9 heteroatoms. The summed E-state index contributed by atoms with van der Waals surface area (Å²) in [5, 5.41) is 6.77. The zero-order valence-corrected chi connectivity index (χ0v) is 23.8. The molecule has 212 valence electrons. The van der Waals surface area contributed by atoms with Gasteiger partial charge in [0.05, 0.1) is 17.9 Å². The summed E-state index contributed by atoms with van der Waals surface area (Å²) < 4.78 is 6.47. The second-order valence-electron chi connectivity index (χ2n) is 11.4. The van der Waals surface area contributed by atoms with Gasteiger partial charge in [-0.3, -0.25) is 14.4 Å². The van der Waals surface area contributed by atoms with Crippen LogP contribution in [0, 0.1) is 11.8 Å². The van der Waals surface area contributed by atoms with Crippen LogP contribution in [0.2, 0.25) is 5.02 Å². The largest absolute Gasteiger partial charge is 0.359 e. The van der Waals surface area contributed by atoms with Crippen molar-refractivity contribution in [1.29, 1.82) is 0 Å². The minimum absolute atomic E-state index is 0.113. The summed E-state index contributed by atoms with van der Waals surface area (Å²) in [6, 6.07) is 6.21. The number of halogens is 1. The lowest BCUT2D eigenvalue weighted by atomic mass is 9.74. The van der Waals surface area contributed by atoms with E-state index in [1.165, 1.54) is 6.42 Å². The summed E-state index contributed by atoms with van der Waals surface area (Å²) in [5.41, 5.74) is -0.531. The van der Waals surface area contributed by atoms with Crippen LogP contribution in [0.25, 0.3) is 0 Å². The van der Waals surface area contributed by atoms with Crippen molar-refractivity contribution in [3.63, 3.8) is 0 Å². The third-order valence-corrected chi connectivity index (χ3v) is 8.98. The van der Waals surface area contributed by atoms with Gasteiger partial charge in [0, 0.05) is 29.8 Å². The van der Waals surface area contributed by atoms with Crippen LogP contribution in [0.5, 0.6) is 0 Å². The number of likely N-dealkylation sites (tertiary alicyclic amines) is 1. The van der Waals surface area contributed by atoms with Gasteiger partial charge < -0.3 is 25.2 Å². The van der Waals surface area contributed by atoms with Crippen LogP contribution in [0.15, 0.2) is 36.4 Å². The highest BCUT2D eigenvalue weighted by molar-refractivity contribution is 6.30. The molecule has 2 saturated heterocycles. The van der Waals surface area contributed by atoms with Gasteiger partial charge in [0.25, 0.3) is 0 Å². The van der Waals surface area contributed by atoms with Crippen LogP contribution in [0.1, 0.15) is 58.8 Å². The molecule has 1 spiro atoms. The fourth-order valence-corrected chi connectivity index (χ4v) is 7.14. The number of hydrogen-bond acceptors (Lipinski definition) is 5. The highest BCUT2D eigenvalue weighted by Gasteiger charge is 2.72. The summed E-state index contributed by atoms with van der Waals surface area (Å²) in [7, 11) is 0. The molecule has 1 aromatic rings. The second-order valence-corrected chi connectivity index (χ2v) is 11.9. The molecule has 1 aromatic carbocycles. The van der Waals surface area contributed by atoms with Crippen molar-refractivity contribution in [3.05, 3.63) is 41.4 Å². The standard InChI is InChI=1S/C30H41ClN4O4/c1-3-16-34(17-4-2)18-19-35-26(28(37)33-21-8-6-5-7-9-21)30-15-14-23(39-30)24(25(30)29(35)38)27(36)32-22-12-10-20(31)11-13-22/h10-15,21,23-26H,3-9,16-19H2,1-2H3,(H,32,36)(H,33,37)/t23-,24-,25-,26-,30-/m0/s1. The molecule has 3 amide bonds. The molecule has 3 fully saturated rings. The van der Waals surface area contributed by atoms with Gasteiger partial charge in [-0.05, 0) is 63.0 Å². The molecular weight excluding hydrogens is 516 g/mol. The van der Waals surface area contributed by atoms with Crippen molar-refractivity contribution in [2.24, 2.45) is 11.8 Å². The molecule has 8 nitrogen and oxygen atoms in total. The fraction of sp³-hybridized carbons (Fsp3) is 0.633. The van der Waals surface area contributed by atoms with Crippen LogP contribution in [-0.2, 0) is 19.1 Å². The maximum absolute atomic E-state index is 14.1. The van der Waals surface area contributed by atoms with E-state index in [0.717, 1.165) is 51.6 Å². The number of nitrogens with one attached hydrogen (secondary N) is 2. The predicted molar refractivity (Wildman–Crippen MR) is 151 cm³/mol. The Labute approximate surface area is 236 Å². The van der Waals surface area contributed by atoms with Gasteiger partial charge in [-0.25, -0.2) is 0 Å². The van der Waals surface area contributed by atoms with Gasteiger partial charge >= 0.3 is 0 Å². The van der Waals surface area contributed by atoms with E-state index in [1.807, 2.05) is 12.2 Å². The zero-order chi connectivity index (χ0) is 27.6. The molecule has 1 saturated carbocycles. The summed E-state index contributed by atoms with van der Waals surface area (Å²) in [5.74, 6) is -2.07. The number of fused-ring (bicyclic) bond motifs is 1. The van der Waals surface area contributed by atoms with Crippen molar-refractivity contribution in [3.8, 4) is 0 Å². The number of nitrogens with zero attached hydrogens (tertiary/aromatic N) is 2. The number of rotatable bonds is 11. The minimum atomic E-state index is -1.14. The van der Waals surface area contributed by atoms with Crippen molar-refractivity contribution in [2.45, 2.75) is 82.6 Å². The number of hydrogen-bond donors (Lipinski definition) is 2. The van der Waals surface area contributed by atoms with E-state index in [2.05, 4.69) is 29.4 Å². The first-order valence-electron chi connectivity index (χ1n) is 14.6. The maximum Gasteiger partial charge on any atom is 0.246 e. The number of carbonyl (C=O) groups is 3.